The van der Waals surface area contributed by atoms with E-state index in [0.29, 0.717) is 23.6 Å². The molecule has 2 aliphatic rings. The monoisotopic (exact) mass is 477 g/mol. The average molecular weight is 478 g/mol. The molecule has 170 valence electrons. The molecule has 5 rings (SSSR count). The number of alkyl halides is 3. The highest BCUT2D eigenvalue weighted by Gasteiger charge is 2.47. The van der Waals surface area contributed by atoms with Gasteiger partial charge in [-0.1, -0.05) is 17.7 Å². The van der Waals surface area contributed by atoms with E-state index >= 15 is 0 Å². The van der Waals surface area contributed by atoms with Gasteiger partial charge in [0, 0.05) is 17.5 Å². The Balaban J connectivity index is 1.70. The molecule has 1 aromatic heterocycles. The summed E-state index contributed by atoms with van der Waals surface area (Å²) in [6, 6.07) is 6.60. The van der Waals surface area contributed by atoms with E-state index in [2.05, 4.69) is 0 Å². The van der Waals surface area contributed by atoms with Crippen LogP contribution in [0.25, 0.3) is 5.69 Å². The number of aromatic nitrogens is 1. The Morgan fingerprint density at radius 2 is 1.91 bits per heavy atom. The fourth-order valence-corrected chi connectivity index (χ4v) is 5.09. The number of rotatable bonds is 4. The second-order valence-corrected chi connectivity index (χ2v) is 8.78. The number of nitrogens with zero attached hydrogens (tertiary/aromatic N) is 1. The molecule has 9 heteroatoms. The van der Waals surface area contributed by atoms with Gasteiger partial charge in [-0.2, -0.15) is 13.2 Å². The molecule has 3 aromatic rings. The molecular formula is C24H16ClF4NO3. The number of carboxylic acid groups (broad SMARTS) is 1. The Kier molecular flexibility index (Phi) is 4.90. The first-order valence-electron chi connectivity index (χ1n) is 10.3. The van der Waals surface area contributed by atoms with Gasteiger partial charge in [0.25, 0.3) is 0 Å². The van der Waals surface area contributed by atoms with Gasteiger partial charge < -0.3 is 9.67 Å². The fraction of sp³-hybridized carbons (Fsp3) is 0.250. The molecule has 1 N–H and O–H groups in total. The normalized spacial score (nSPS) is 19.1. The summed E-state index contributed by atoms with van der Waals surface area (Å²) in [7, 11) is 0. The third-order valence-corrected chi connectivity index (χ3v) is 6.76. The smallest absolute Gasteiger partial charge is 0.417 e. The van der Waals surface area contributed by atoms with Crippen molar-refractivity contribution >= 4 is 23.4 Å². The van der Waals surface area contributed by atoms with E-state index in [1.165, 1.54) is 29.0 Å². The van der Waals surface area contributed by atoms with Gasteiger partial charge in [-0.05, 0) is 67.0 Å². The molecule has 2 unspecified atom stereocenters. The summed E-state index contributed by atoms with van der Waals surface area (Å²) in [6.45, 7) is 0. The zero-order chi connectivity index (χ0) is 23.7. The molecular weight excluding hydrogens is 462 g/mol. The van der Waals surface area contributed by atoms with E-state index in [4.69, 9.17) is 16.7 Å². The highest BCUT2D eigenvalue weighted by Crippen LogP contribution is 2.56. The van der Waals surface area contributed by atoms with Gasteiger partial charge in [-0.3, -0.25) is 4.79 Å². The minimum absolute atomic E-state index is 0.0205. The van der Waals surface area contributed by atoms with E-state index in [1.54, 1.807) is 0 Å². The van der Waals surface area contributed by atoms with Crippen molar-refractivity contribution in [3.63, 3.8) is 0 Å². The molecule has 2 aliphatic carbocycles. The number of benzene rings is 2. The van der Waals surface area contributed by atoms with Crippen LogP contribution in [-0.2, 0) is 12.6 Å². The molecule has 4 nitrogen and oxygen atoms in total. The predicted octanol–water partition coefficient (Wildman–Crippen LogP) is 6.27. The summed E-state index contributed by atoms with van der Waals surface area (Å²) in [5.74, 6) is -2.60. The quantitative estimate of drug-likeness (QED) is 0.356. The van der Waals surface area contributed by atoms with Crippen molar-refractivity contribution in [2.24, 2.45) is 5.92 Å². The highest BCUT2D eigenvalue weighted by atomic mass is 35.5. The van der Waals surface area contributed by atoms with E-state index in [1.807, 2.05) is 0 Å². The Labute approximate surface area is 190 Å². The lowest BCUT2D eigenvalue weighted by Gasteiger charge is -2.17. The topological polar surface area (TPSA) is 59.3 Å². The predicted molar refractivity (Wildman–Crippen MR) is 112 cm³/mol. The van der Waals surface area contributed by atoms with Gasteiger partial charge >= 0.3 is 12.1 Å². The summed E-state index contributed by atoms with van der Waals surface area (Å²) in [5, 5.41) is 8.79. The lowest BCUT2D eigenvalue weighted by atomic mass is 9.90. The van der Waals surface area contributed by atoms with Crippen LogP contribution < -0.4 is 0 Å². The third kappa shape index (κ3) is 3.53. The zero-order valence-electron chi connectivity index (χ0n) is 16.9. The highest BCUT2D eigenvalue weighted by molar-refractivity contribution is 6.35. The summed E-state index contributed by atoms with van der Waals surface area (Å²) >= 11 is 6.06. The standard InChI is InChI=1S/C24H16ClF4NO3/c25-16-3-1-2-15(24(27,28)29)21(16)22(31)14-10-30(19-7-4-11-8-13(11)20(14)19)18-6-5-12(23(32)33)9-17(18)26/h1-3,5-6,9-11,13H,4,7-8H2,(H,32,33). The second-order valence-electron chi connectivity index (χ2n) is 8.37. The zero-order valence-corrected chi connectivity index (χ0v) is 17.7. The fourth-order valence-electron chi connectivity index (χ4n) is 4.83. The Morgan fingerprint density at radius 1 is 1.15 bits per heavy atom. The van der Waals surface area contributed by atoms with Crippen molar-refractivity contribution in [2.45, 2.75) is 31.4 Å². The first-order valence-corrected chi connectivity index (χ1v) is 10.6. The lowest BCUT2D eigenvalue weighted by molar-refractivity contribution is -0.137. The molecule has 0 aliphatic heterocycles. The van der Waals surface area contributed by atoms with Crippen LogP contribution in [0.2, 0.25) is 5.02 Å². The minimum Gasteiger partial charge on any atom is -0.478 e. The number of hydrogen-bond donors (Lipinski definition) is 1. The number of carbonyl (C=O) groups excluding carboxylic acids is 1. The Morgan fingerprint density at radius 3 is 2.58 bits per heavy atom. The maximum absolute atomic E-state index is 14.9. The second kappa shape index (κ2) is 7.45. The number of fused-ring (bicyclic) bond motifs is 3. The molecule has 1 fully saturated rings. The van der Waals surface area contributed by atoms with Crippen LogP contribution in [-0.4, -0.2) is 21.4 Å². The largest absolute Gasteiger partial charge is 0.478 e. The number of halogens is 5. The maximum Gasteiger partial charge on any atom is 0.417 e. The number of carbonyl (C=O) groups is 2. The van der Waals surface area contributed by atoms with Gasteiger partial charge in [-0.25, -0.2) is 9.18 Å². The van der Waals surface area contributed by atoms with Crippen molar-refractivity contribution in [1.82, 2.24) is 4.57 Å². The van der Waals surface area contributed by atoms with E-state index in [0.717, 1.165) is 31.0 Å². The van der Waals surface area contributed by atoms with Crippen molar-refractivity contribution in [3.05, 3.63) is 86.9 Å². The summed E-state index contributed by atoms with van der Waals surface area (Å²) in [4.78, 5) is 24.6. The summed E-state index contributed by atoms with van der Waals surface area (Å²) < 4.78 is 57.2. The number of aromatic carboxylic acids is 1. The first kappa shape index (κ1) is 21.7. The van der Waals surface area contributed by atoms with Crippen LogP contribution in [0.15, 0.2) is 42.6 Å². The number of carboxylic acids is 1. The molecule has 0 bridgehead atoms. The molecule has 0 spiro atoms. The van der Waals surface area contributed by atoms with Crippen LogP contribution in [0.3, 0.4) is 0 Å². The third-order valence-electron chi connectivity index (χ3n) is 6.44. The SMILES string of the molecule is O=C(O)c1ccc(-n2cc(C(=O)c3c(Cl)cccc3C(F)(F)F)c3c2CCC2CC32)c(F)c1. The van der Waals surface area contributed by atoms with Gasteiger partial charge in [0.15, 0.2) is 5.78 Å². The van der Waals surface area contributed by atoms with Gasteiger partial charge in [-0.15, -0.1) is 0 Å². The Bertz CT molecular complexity index is 1330. The first-order chi connectivity index (χ1) is 15.6. The van der Waals surface area contributed by atoms with Crippen molar-refractivity contribution in [1.29, 1.82) is 0 Å². The molecule has 2 atom stereocenters. The van der Waals surface area contributed by atoms with Crippen LogP contribution in [0.4, 0.5) is 17.6 Å². The van der Waals surface area contributed by atoms with Crippen molar-refractivity contribution in [3.8, 4) is 5.69 Å². The van der Waals surface area contributed by atoms with E-state index in [-0.39, 0.29) is 27.8 Å². The van der Waals surface area contributed by atoms with Crippen molar-refractivity contribution in [2.75, 3.05) is 0 Å². The van der Waals surface area contributed by atoms with Crippen LogP contribution >= 0.6 is 11.6 Å². The van der Waals surface area contributed by atoms with Gasteiger partial charge in [0.1, 0.15) is 5.82 Å². The average Bonchev–Trinajstić information content (AvgIpc) is 3.45. The molecule has 0 radical (unpaired) electrons. The van der Waals surface area contributed by atoms with Gasteiger partial charge in [0.2, 0.25) is 0 Å². The molecule has 0 amide bonds. The summed E-state index contributed by atoms with van der Waals surface area (Å²) in [6.07, 6.45) is -1.26. The Hall–Kier alpha value is -3.13. The van der Waals surface area contributed by atoms with E-state index in [9.17, 15) is 27.2 Å². The number of ketones is 1. The van der Waals surface area contributed by atoms with Gasteiger partial charge in [0.05, 0.1) is 27.4 Å². The van der Waals surface area contributed by atoms with Crippen LogP contribution in [0, 0.1) is 11.7 Å². The number of hydrogen-bond acceptors (Lipinski definition) is 2. The summed E-state index contributed by atoms with van der Waals surface area (Å²) in [5.41, 5.74) is -0.604. The lowest BCUT2D eigenvalue weighted by Crippen LogP contribution is -2.15. The van der Waals surface area contributed by atoms with E-state index < -0.39 is 34.9 Å². The minimum atomic E-state index is -4.78. The molecule has 1 saturated carbocycles. The maximum atomic E-state index is 14.9. The van der Waals surface area contributed by atoms with Crippen LogP contribution in [0.5, 0.6) is 0 Å². The van der Waals surface area contributed by atoms with Crippen molar-refractivity contribution < 1.29 is 32.3 Å². The molecule has 33 heavy (non-hydrogen) atoms. The molecule has 0 saturated heterocycles. The van der Waals surface area contributed by atoms with Crippen LogP contribution in [0.1, 0.15) is 61.9 Å². The molecule has 1 heterocycles. The molecule has 2 aromatic carbocycles.